The summed E-state index contributed by atoms with van der Waals surface area (Å²) >= 11 is 0. The molecule has 12 nitrogen and oxygen atoms in total. The molecule has 1 aliphatic carbocycles. The first-order valence-electron chi connectivity index (χ1n) is 17.5. The first-order valence-corrected chi connectivity index (χ1v) is 17.5. The number of rotatable bonds is 3. The van der Waals surface area contributed by atoms with Gasteiger partial charge >= 0.3 is 11.9 Å². The second-order valence-electron chi connectivity index (χ2n) is 14.3. The third-order valence-electron chi connectivity index (χ3n) is 9.72. The molecular formula is C37H49N5O7. The normalized spacial score (nSPS) is 28.8. The molecule has 4 atom stereocenters. The molecule has 1 aromatic heterocycles. The lowest BCUT2D eigenvalue weighted by molar-refractivity contribution is -0.170. The zero-order valence-electron chi connectivity index (χ0n) is 29.3. The standard InChI is InChI=1S/C37H49N5O7/c1-21(2)31-33(44)39-24(6)34(45)42-19-7-8-29(41-42)32(43)38-23(5)28-12-11-26-10-9-25(20-30(26)40-28)13-16-37(36(47)49-31)17-14-27(15-18-37)48-35(46)22(3)4/h9-13,16,20-24,27,29,31,41H,7-8,14-15,17-19H2,1-6H3,(H,38,43)(H,39,44). The van der Waals surface area contributed by atoms with E-state index in [1.165, 1.54) is 5.01 Å². The highest BCUT2D eigenvalue weighted by atomic mass is 16.6. The van der Waals surface area contributed by atoms with Crippen LogP contribution in [0.1, 0.15) is 97.4 Å². The van der Waals surface area contributed by atoms with Crippen LogP contribution in [0.2, 0.25) is 0 Å². The van der Waals surface area contributed by atoms with Crippen LogP contribution in [-0.2, 0) is 33.4 Å². The van der Waals surface area contributed by atoms with Crippen molar-refractivity contribution in [3.63, 3.8) is 0 Å². The summed E-state index contributed by atoms with van der Waals surface area (Å²) in [6.07, 6.45) is 4.99. The monoisotopic (exact) mass is 675 g/mol. The van der Waals surface area contributed by atoms with Crippen molar-refractivity contribution in [1.29, 1.82) is 0 Å². The van der Waals surface area contributed by atoms with Crippen LogP contribution >= 0.6 is 0 Å². The summed E-state index contributed by atoms with van der Waals surface area (Å²) in [5.41, 5.74) is 4.19. The Bertz CT molecular complexity index is 1610. The molecule has 3 amide bonds. The Hall–Kier alpha value is -4.32. The number of carbonyl (C=O) groups is 5. The van der Waals surface area contributed by atoms with Crippen LogP contribution in [0.15, 0.2) is 36.4 Å². The molecule has 264 valence electrons. The van der Waals surface area contributed by atoms with E-state index in [1.54, 1.807) is 34.6 Å². The highest BCUT2D eigenvalue weighted by Crippen LogP contribution is 2.41. The van der Waals surface area contributed by atoms with Crippen LogP contribution in [0.4, 0.5) is 0 Å². The van der Waals surface area contributed by atoms with E-state index in [1.807, 2.05) is 49.4 Å². The van der Waals surface area contributed by atoms with Crippen LogP contribution in [0.25, 0.3) is 17.0 Å². The number of amides is 3. The van der Waals surface area contributed by atoms with Crippen molar-refractivity contribution in [2.75, 3.05) is 6.54 Å². The van der Waals surface area contributed by atoms with Crippen LogP contribution < -0.4 is 16.1 Å². The number of hydrogen-bond donors (Lipinski definition) is 3. The van der Waals surface area contributed by atoms with Crippen molar-refractivity contribution in [2.45, 2.75) is 110 Å². The zero-order valence-corrected chi connectivity index (χ0v) is 29.3. The van der Waals surface area contributed by atoms with Gasteiger partial charge in [0.15, 0.2) is 6.10 Å². The lowest BCUT2D eigenvalue weighted by Gasteiger charge is -2.37. The van der Waals surface area contributed by atoms with Crippen molar-refractivity contribution in [2.24, 2.45) is 17.3 Å². The maximum Gasteiger partial charge on any atom is 0.316 e. The van der Waals surface area contributed by atoms with Gasteiger partial charge in [0.2, 0.25) is 5.91 Å². The van der Waals surface area contributed by atoms with Gasteiger partial charge in [0.25, 0.3) is 11.8 Å². The smallest absolute Gasteiger partial charge is 0.316 e. The maximum absolute atomic E-state index is 14.2. The highest BCUT2D eigenvalue weighted by molar-refractivity contribution is 5.92. The van der Waals surface area contributed by atoms with Crippen molar-refractivity contribution in [3.05, 3.63) is 47.7 Å². The topological polar surface area (TPSA) is 156 Å². The van der Waals surface area contributed by atoms with E-state index in [0.29, 0.717) is 50.8 Å². The fraction of sp³-hybridized carbons (Fsp3) is 0.568. The van der Waals surface area contributed by atoms with Gasteiger partial charge in [-0.15, -0.1) is 0 Å². The molecule has 12 heteroatoms. The number of nitrogens with one attached hydrogen (secondary N) is 3. The van der Waals surface area contributed by atoms with Gasteiger partial charge in [-0.25, -0.2) is 5.43 Å². The van der Waals surface area contributed by atoms with Gasteiger partial charge in [0, 0.05) is 11.9 Å². The summed E-state index contributed by atoms with van der Waals surface area (Å²) in [6, 6.07) is 7.68. The van der Waals surface area contributed by atoms with Gasteiger partial charge in [0.05, 0.1) is 28.6 Å². The number of aromatic nitrogens is 1. The lowest BCUT2D eigenvalue weighted by atomic mass is 9.72. The molecule has 4 unspecified atom stereocenters. The number of nitrogens with zero attached hydrogens (tertiary/aromatic N) is 2. The average Bonchev–Trinajstić information content (AvgIpc) is 3.08. The molecule has 5 rings (SSSR count). The average molecular weight is 676 g/mol. The largest absolute Gasteiger partial charge is 0.462 e. The fourth-order valence-corrected chi connectivity index (χ4v) is 6.55. The Balaban J connectivity index is 1.51. The molecule has 0 radical (unpaired) electrons. The number of pyridine rings is 1. The van der Waals surface area contributed by atoms with Crippen molar-refractivity contribution < 1.29 is 33.4 Å². The maximum atomic E-state index is 14.2. The summed E-state index contributed by atoms with van der Waals surface area (Å²) in [4.78, 5) is 71.7. The Kier molecular flexibility index (Phi) is 11.1. The summed E-state index contributed by atoms with van der Waals surface area (Å²) in [5, 5.41) is 8.07. The predicted octanol–water partition coefficient (Wildman–Crippen LogP) is 4.14. The van der Waals surface area contributed by atoms with Crippen molar-refractivity contribution in [3.8, 4) is 0 Å². The summed E-state index contributed by atoms with van der Waals surface area (Å²) in [7, 11) is 0. The molecule has 2 aromatic rings. The van der Waals surface area contributed by atoms with Crippen molar-refractivity contribution in [1.82, 2.24) is 26.1 Å². The van der Waals surface area contributed by atoms with Gasteiger partial charge in [-0.2, -0.15) is 0 Å². The number of cyclic esters (lactones) is 1. The molecule has 3 N–H and O–H groups in total. The minimum atomic E-state index is -1.16. The van der Waals surface area contributed by atoms with Gasteiger partial charge in [0.1, 0.15) is 18.2 Å². The predicted molar refractivity (Wildman–Crippen MR) is 183 cm³/mol. The van der Waals surface area contributed by atoms with Crippen molar-refractivity contribution >= 4 is 46.6 Å². The molecule has 1 aromatic carbocycles. The van der Waals surface area contributed by atoms with Crippen LogP contribution in [0, 0.1) is 17.3 Å². The number of benzene rings is 1. The highest BCUT2D eigenvalue weighted by Gasteiger charge is 2.44. The second kappa shape index (κ2) is 15.1. The third kappa shape index (κ3) is 8.29. The van der Waals surface area contributed by atoms with E-state index < -0.39 is 47.4 Å². The van der Waals surface area contributed by atoms with Crippen LogP contribution in [-0.4, -0.2) is 70.5 Å². The number of esters is 2. The number of ether oxygens (including phenoxy) is 2. The number of carbonyl (C=O) groups excluding carboxylic acids is 5. The SMILES string of the molecule is CC(C)C(=O)OC1CCC2(C=Cc3ccc4ccc(nc4c3)C(C)NC(=O)C3CCCN(N3)C(=O)C(C)NC(=O)C(C(C)C)OC2=O)CC1. The van der Waals surface area contributed by atoms with Crippen LogP contribution in [0.3, 0.4) is 0 Å². The van der Waals surface area contributed by atoms with Gasteiger partial charge in [-0.3, -0.25) is 34.0 Å². The first kappa shape index (κ1) is 36.0. The molecule has 2 fully saturated rings. The third-order valence-corrected chi connectivity index (χ3v) is 9.72. The molecule has 1 saturated carbocycles. The van der Waals surface area contributed by atoms with E-state index >= 15 is 0 Å². The minimum absolute atomic E-state index is 0.253. The number of hydrazine groups is 1. The van der Waals surface area contributed by atoms with E-state index in [4.69, 9.17) is 14.5 Å². The molecular weight excluding hydrogens is 626 g/mol. The Morgan fingerprint density at radius 1 is 0.959 bits per heavy atom. The molecule has 3 heterocycles. The lowest BCUT2D eigenvalue weighted by Crippen LogP contribution is -2.61. The van der Waals surface area contributed by atoms with Crippen LogP contribution in [0.5, 0.6) is 0 Å². The van der Waals surface area contributed by atoms with E-state index in [9.17, 15) is 24.0 Å². The van der Waals surface area contributed by atoms with Gasteiger partial charge in [-0.05, 0) is 76.0 Å². The molecule has 49 heavy (non-hydrogen) atoms. The molecule has 3 aliphatic rings. The second-order valence-corrected chi connectivity index (χ2v) is 14.3. The zero-order chi connectivity index (χ0) is 35.5. The molecule has 1 spiro atoms. The first-order chi connectivity index (χ1) is 23.3. The van der Waals surface area contributed by atoms with Gasteiger partial charge < -0.3 is 20.1 Å². The molecule has 2 aliphatic heterocycles. The Morgan fingerprint density at radius 2 is 1.65 bits per heavy atom. The summed E-state index contributed by atoms with van der Waals surface area (Å²) < 4.78 is 11.7. The fourth-order valence-electron chi connectivity index (χ4n) is 6.55. The molecule has 5 bridgehead atoms. The Labute approximate surface area is 287 Å². The number of hydrogen-bond acceptors (Lipinski definition) is 9. The summed E-state index contributed by atoms with van der Waals surface area (Å²) in [6.45, 7) is 10.9. The summed E-state index contributed by atoms with van der Waals surface area (Å²) in [5.74, 6) is -2.71. The Morgan fingerprint density at radius 3 is 2.35 bits per heavy atom. The van der Waals surface area contributed by atoms with E-state index in [2.05, 4.69) is 16.1 Å². The number of fused-ring (bicyclic) bond motifs is 4. The van der Waals surface area contributed by atoms with Gasteiger partial charge in [-0.1, -0.05) is 58.0 Å². The van der Waals surface area contributed by atoms with E-state index in [0.717, 1.165) is 16.5 Å². The van der Waals surface area contributed by atoms with E-state index in [-0.39, 0.29) is 29.8 Å². The molecule has 1 saturated heterocycles. The minimum Gasteiger partial charge on any atom is -0.462 e. The quantitative estimate of drug-likeness (QED) is 0.407.